The molecule has 1 atom stereocenters. The molecule has 0 bridgehead atoms. The molecule has 1 aromatic heterocycles. The molecule has 1 fully saturated rings. The third-order valence-corrected chi connectivity index (χ3v) is 5.43. The predicted molar refractivity (Wildman–Crippen MR) is 105 cm³/mol. The highest BCUT2D eigenvalue weighted by molar-refractivity contribution is 5.79. The number of pyridine rings is 1. The van der Waals surface area contributed by atoms with Gasteiger partial charge in [0.1, 0.15) is 0 Å². The van der Waals surface area contributed by atoms with Crippen molar-refractivity contribution in [3.05, 3.63) is 60.4 Å². The molecule has 1 unspecified atom stereocenters. The summed E-state index contributed by atoms with van der Waals surface area (Å²) in [6.07, 6.45) is 4.66. The van der Waals surface area contributed by atoms with Crippen LogP contribution in [0.2, 0.25) is 0 Å². The van der Waals surface area contributed by atoms with Crippen LogP contribution < -0.4 is 10.2 Å². The van der Waals surface area contributed by atoms with Gasteiger partial charge in [0.15, 0.2) is 0 Å². The summed E-state index contributed by atoms with van der Waals surface area (Å²) in [7, 11) is 1.33. The number of carboxylic acid groups (broad SMARTS) is 1. The number of aliphatic carboxylic acids is 1. The number of esters is 1. The second kappa shape index (κ2) is 8.84. The minimum absolute atomic E-state index is 0.0254. The normalized spacial score (nSPS) is 17.0. The lowest BCUT2D eigenvalue weighted by molar-refractivity contribution is -0.144. The van der Waals surface area contributed by atoms with Gasteiger partial charge >= 0.3 is 11.9 Å². The fourth-order valence-electron chi connectivity index (χ4n) is 3.95. The summed E-state index contributed by atoms with van der Waals surface area (Å²) in [5.74, 6) is -2.08. The third-order valence-electron chi connectivity index (χ3n) is 5.43. The van der Waals surface area contributed by atoms with Crippen molar-refractivity contribution in [2.24, 2.45) is 0 Å². The highest BCUT2D eigenvalue weighted by atomic mass is 16.5. The number of hydrogen-bond acceptors (Lipinski definition) is 6. The van der Waals surface area contributed by atoms with Crippen molar-refractivity contribution >= 4 is 17.6 Å². The van der Waals surface area contributed by atoms with Crippen LogP contribution in [0.15, 0.2) is 54.9 Å². The van der Waals surface area contributed by atoms with Gasteiger partial charge in [0.05, 0.1) is 19.6 Å². The highest BCUT2D eigenvalue weighted by Crippen LogP contribution is 2.38. The number of carbonyl (C=O) groups is 2. The van der Waals surface area contributed by atoms with E-state index in [4.69, 9.17) is 4.74 Å². The predicted octanol–water partition coefficient (Wildman–Crippen LogP) is 2.05. The first-order valence-corrected chi connectivity index (χ1v) is 9.30. The van der Waals surface area contributed by atoms with Gasteiger partial charge in [-0.05, 0) is 30.5 Å². The molecule has 1 saturated heterocycles. The summed E-state index contributed by atoms with van der Waals surface area (Å²) in [5.41, 5.74) is 1.04. The minimum atomic E-state index is -0.902. The van der Waals surface area contributed by atoms with E-state index in [1.807, 2.05) is 42.5 Å². The van der Waals surface area contributed by atoms with E-state index in [0.29, 0.717) is 25.9 Å². The van der Waals surface area contributed by atoms with Crippen LogP contribution in [0.5, 0.6) is 0 Å². The van der Waals surface area contributed by atoms with Crippen molar-refractivity contribution in [1.82, 2.24) is 10.3 Å². The van der Waals surface area contributed by atoms with E-state index in [1.165, 1.54) is 7.11 Å². The fourth-order valence-corrected chi connectivity index (χ4v) is 3.95. The van der Waals surface area contributed by atoms with Crippen LogP contribution in [-0.2, 0) is 14.3 Å². The van der Waals surface area contributed by atoms with Gasteiger partial charge in [0.2, 0.25) is 0 Å². The molecule has 0 saturated carbocycles. The van der Waals surface area contributed by atoms with Gasteiger partial charge in [-0.1, -0.05) is 30.3 Å². The molecule has 0 amide bonds. The van der Waals surface area contributed by atoms with E-state index in [1.54, 1.807) is 12.4 Å². The Hall–Kier alpha value is -2.93. The first-order valence-electron chi connectivity index (χ1n) is 9.30. The van der Waals surface area contributed by atoms with Crippen molar-refractivity contribution in [3.63, 3.8) is 0 Å². The molecule has 1 aliphatic heterocycles. The number of nitrogens with one attached hydrogen (secondary N) is 1. The molecule has 0 radical (unpaired) electrons. The zero-order chi connectivity index (χ0) is 20.0. The molecule has 2 N–H and O–H groups in total. The number of methoxy groups -OCH3 is 1. The summed E-state index contributed by atoms with van der Waals surface area (Å²) >= 11 is 0. The Kier molecular flexibility index (Phi) is 6.26. The van der Waals surface area contributed by atoms with E-state index in [-0.39, 0.29) is 6.54 Å². The van der Waals surface area contributed by atoms with Crippen molar-refractivity contribution in [3.8, 4) is 0 Å². The van der Waals surface area contributed by atoms with E-state index in [0.717, 1.165) is 11.3 Å². The van der Waals surface area contributed by atoms with Crippen LogP contribution in [-0.4, -0.2) is 54.3 Å². The Morgan fingerprint density at radius 3 is 2.39 bits per heavy atom. The zero-order valence-electron chi connectivity index (χ0n) is 15.9. The summed E-state index contributed by atoms with van der Waals surface area (Å²) in [6, 6.07) is 13.1. The van der Waals surface area contributed by atoms with E-state index < -0.39 is 23.4 Å². The van der Waals surface area contributed by atoms with Crippen molar-refractivity contribution < 1.29 is 19.4 Å². The number of anilines is 1. The standard InChI is InChI=1S/C21H25N3O4/c1-28-18(25)15-23-21(19(20(26)27)16-5-3-2-4-6-16)9-13-24(14-10-21)17-7-11-22-12-8-17/h2-8,11-12,19,23H,9-10,13-15H2,1H3,(H,26,27). The lowest BCUT2D eigenvalue weighted by Crippen LogP contribution is -2.59. The van der Waals surface area contributed by atoms with Gasteiger partial charge in [-0.25, -0.2) is 0 Å². The number of ether oxygens (including phenoxy) is 1. The monoisotopic (exact) mass is 383 g/mol. The highest BCUT2D eigenvalue weighted by Gasteiger charge is 2.46. The molecular formula is C21H25N3O4. The number of hydrogen-bond donors (Lipinski definition) is 2. The minimum Gasteiger partial charge on any atom is -0.481 e. The summed E-state index contributed by atoms with van der Waals surface area (Å²) in [5, 5.41) is 13.3. The summed E-state index contributed by atoms with van der Waals surface area (Å²) < 4.78 is 4.76. The lowest BCUT2D eigenvalue weighted by atomic mass is 9.72. The Bertz CT molecular complexity index is 790. The Morgan fingerprint density at radius 2 is 1.82 bits per heavy atom. The average Bonchev–Trinajstić information content (AvgIpc) is 2.74. The molecule has 0 spiro atoms. The molecule has 3 rings (SSSR count). The topological polar surface area (TPSA) is 91.8 Å². The lowest BCUT2D eigenvalue weighted by Gasteiger charge is -2.46. The quantitative estimate of drug-likeness (QED) is 0.707. The number of nitrogens with zero attached hydrogens (tertiary/aromatic N) is 2. The second-order valence-corrected chi connectivity index (χ2v) is 6.96. The number of benzene rings is 1. The van der Waals surface area contributed by atoms with Gasteiger partial charge in [0, 0.05) is 36.7 Å². The second-order valence-electron chi connectivity index (χ2n) is 6.96. The number of carboxylic acids is 1. The maximum absolute atomic E-state index is 12.3. The number of rotatable bonds is 7. The summed E-state index contributed by atoms with van der Waals surface area (Å²) in [6.45, 7) is 1.33. The van der Waals surface area contributed by atoms with Crippen LogP contribution in [0.1, 0.15) is 24.3 Å². The fraction of sp³-hybridized carbons (Fsp3) is 0.381. The Balaban J connectivity index is 1.88. The van der Waals surface area contributed by atoms with Gasteiger partial charge in [-0.15, -0.1) is 0 Å². The molecule has 2 heterocycles. The van der Waals surface area contributed by atoms with Crippen molar-refractivity contribution in [2.75, 3.05) is 31.6 Å². The maximum atomic E-state index is 12.3. The summed E-state index contributed by atoms with van der Waals surface area (Å²) in [4.78, 5) is 30.3. The van der Waals surface area contributed by atoms with Crippen molar-refractivity contribution in [1.29, 1.82) is 0 Å². The molecule has 0 aliphatic carbocycles. The van der Waals surface area contributed by atoms with E-state index >= 15 is 0 Å². The van der Waals surface area contributed by atoms with Crippen LogP contribution in [0, 0.1) is 0 Å². The largest absolute Gasteiger partial charge is 0.481 e. The van der Waals surface area contributed by atoms with E-state index in [2.05, 4.69) is 15.2 Å². The maximum Gasteiger partial charge on any atom is 0.319 e. The number of piperidine rings is 1. The molecule has 7 heteroatoms. The van der Waals surface area contributed by atoms with Gasteiger partial charge in [-0.2, -0.15) is 0 Å². The molecule has 7 nitrogen and oxygen atoms in total. The zero-order valence-corrected chi connectivity index (χ0v) is 15.9. The molecule has 1 aromatic carbocycles. The van der Waals surface area contributed by atoms with Crippen LogP contribution in [0.3, 0.4) is 0 Å². The smallest absolute Gasteiger partial charge is 0.319 e. The number of aromatic nitrogens is 1. The van der Waals surface area contributed by atoms with Crippen LogP contribution in [0.25, 0.3) is 0 Å². The molecule has 148 valence electrons. The van der Waals surface area contributed by atoms with Gasteiger partial charge in [0.25, 0.3) is 0 Å². The van der Waals surface area contributed by atoms with Gasteiger partial charge in [-0.3, -0.25) is 14.6 Å². The van der Waals surface area contributed by atoms with Crippen LogP contribution >= 0.6 is 0 Å². The van der Waals surface area contributed by atoms with Crippen molar-refractivity contribution in [2.45, 2.75) is 24.3 Å². The van der Waals surface area contributed by atoms with Crippen LogP contribution in [0.4, 0.5) is 5.69 Å². The third kappa shape index (κ3) is 4.31. The first-order chi connectivity index (χ1) is 13.6. The number of carbonyl (C=O) groups excluding carboxylic acids is 1. The Labute approximate surface area is 164 Å². The average molecular weight is 383 g/mol. The molecule has 1 aliphatic rings. The molecular weight excluding hydrogens is 358 g/mol. The SMILES string of the molecule is COC(=O)CNC1(C(C(=O)O)c2ccccc2)CCN(c2ccncc2)CC1. The van der Waals surface area contributed by atoms with E-state index in [9.17, 15) is 14.7 Å². The first kappa shape index (κ1) is 19.8. The molecule has 28 heavy (non-hydrogen) atoms. The van der Waals surface area contributed by atoms with Gasteiger partial charge < -0.3 is 20.1 Å². The molecule has 2 aromatic rings. The Morgan fingerprint density at radius 1 is 1.18 bits per heavy atom.